The molecule has 4 rings (SSSR count). The van der Waals surface area contributed by atoms with Crippen LogP contribution in [0.15, 0.2) is 34.9 Å². The molecule has 0 radical (unpaired) electrons. The number of rotatable bonds is 11. The van der Waals surface area contributed by atoms with Crippen LogP contribution in [0.5, 0.6) is 0 Å². The molecule has 4 aliphatic rings. The molecular weight excluding hydrogens is 613 g/mol. The van der Waals surface area contributed by atoms with Gasteiger partial charge in [-0.05, 0) is 124 Å². The van der Waals surface area contributed by atoms with E-state index in [0.29, 0.717) is 24.9 Å². The van der Waals surface area contributed by atoms with Gasteiger partial charge in [0.2, 0.25) is 0 Å². The smallest absolute Gasteiger partial charge is 0.192 e. The van der Waals surface area contributed by atoms with Crippen molar-refractivity contribution in [2.45, 2.75) is 194 Å². The Bertz CT molecular complexity index is 1240. The minimum atomic E-state index is -2.04. The predicted molar refractivity (Wildman–Crippen MR) is 205 cm³/mol. The van der Waals surface area contributed by atoms with Crippen molar-refractivity contribution in [3.8, 4) is 0 Å². The molecule has 4 nitrogen and oxygen atoms in total. The lowest BCUT2D eigenvalue weighted by molar-refractivity contribution is -0.0579. The fourth-order valence-electron chi connectivity index (χ4n) is 9.09. The zero-order valence-corrected chi connectivity index (χ0v) is 35.6. The van der Waals surface area contributed by atoms with E-state index >= 15 is 0 Å². The molecule has 4 aliphatic carbocycles. The van der Waals surface area contributed by atoms with Crippen LogP contribution in [0.2, 0.25) is 36.3 Å². The number of ether oxygens (including phenoxy) is 1. The normalized spacial score (nSPS) is 32.2. The van der Waals surface area contributed by atoms with Gasteiger partial charge in [-0.2, -0.15) is 0 Å². The van der Waals surface area contributed by atoms with Crippen LogP contribution in [0.4, 0.5) is 0 Å². The second kappa shape index (κ2) is 12.9. The van der Waals surface area contributed by atoms with Crippen LogP contribution in [-0.2, 0) is 13.6 Å². The third-order valence-corrected chi connectivity index (χ3v) is 23.7. The van der Waals surface area contributed by atoms with Crippen molar-refractivity contribution in [3.63, 3.8) is 0 Å². The van der Waals surface area contributed by atoms with Crippen molar-refractivity contribution >= 4 is 16.6 Å². The summed E-state index contributed by atoms with van der Waals surface area (Å²) in [6.07, 6.45) is 15.6. The first-order valence-corrected chi connectivity index (χ1v) is 24.9. The maximum absolute atomic E-state index is 10.9. The van der Waals surface area contributed by atoms with E-state index in [0.717, 1.165) is 32.1 Å². The van der Waals surface area contributed by atoms with Crippen molar-refractivity contribution in [2.24, 2.45) is 22.7 Å². The monoisotopic (exact) mass is 687 g/mol. The third-order valence-electron chi connectivity index (χ3n) is 14.7. The SMILES string of the molecule is CCC(O)(CC)CCOC(C)(C)C1=CC[C@H]2C3=CC=C4C[C@@H](O[Si](C)(C)C(C)(C)C)C[C@H](O[Si](C)(C)C(C)(C)C)[C@]4(C)[C@H]3CC[C@]12C. The van der Waals surface area contributed by atoms with Gasteiger partial charge in [-0.25, -0.2) is 0 Å². The molecule has 2 saturated carbocycles. The van der Waals surface area contributed by atoms with Crippen LogP contribution in [0, 0.1) is 22.7 Å². The Morgan fingerprint density at radius 2 is 1.43 bits per heavy atom. The summed E-state index contributed by atoms with van der Waals surface area (Å²) in [5.74, 6) is 0.983. The Morgan fingerprint density at radius 1 is 0.851 bits per heavy atom. The molecule has 0 saturated heterocycles. The average molecular weight is 687 g/mol. The zero-order chi connectivity index (χ0) is 35.6. The van der Waals surface area contributed by atoms with Gasteiger partial charge in [0, 0.05) is 5.41 Å². The van der Waals surface area contributed by atoms with E-state index in [1.807, 2.05) is 0 Å². The van der Waals surface area contributed by atoms with Gasteiger partial charge < -0.3 is 18.7 Å². The van der Waals surface area contributed by atoms with Crippen molar-refractivity contribution in [1.29, 1.82) is 0 Å². The molecule has 6 heteroatoms. The molecule has 6 atom stereocenters. The van der Waals surface area contributed by atoms with Gasteiger partial charge in [0.1, 0.15) is 0 Å². The summed E-state index contributed by atoms with van der Waals surface area (Å²) in [6.45, 7) is 38.2. The Balaban J connectivity index is 1.65. The average Bonchev–Trinajstić information content (AvgIpc) is 3.30. The minimum Gasteiger partial charge on any atom is -0.414 e. The second-order valence-electron chi connectivity index (χ2n) is 19.9. The lowest BCUT2D eigenvalue weighted by Gasteiger charge is -2.59. The van der Waals surface area contributed by atoms with Gasteiger partial charge in [-0.1, -0.05) is 98.6 Å². The molecule has 0 heterocycles. The Hall–Kier alpha value is -0.506. The zero-order valence-electron chi connectivity index (χ0n) is 33.6. The number of aliphatic hydroxyl groups is 1. The Labute approximate surface area is 292 Å². The maximum atomic E-state index is 10.9. The highest BCUT2D eigenvalue weighted by atomic mass is 28.4. The van der Waals surface area contributed by atoms with E-state index in [1.165, 1.54) is 18.4 Å². The van der Waals surface area contributed by atoms with Gasteiger partial charge in [-0.3, -0.25) is 0 Å². The molecule has 2 fully saturated rings. The van der Waals surface area contributed by atoms with E-state index in [4.69, 9.17) is 13.6 Å². The van der Waals surface area contributed by atoms with Crippen molar-refractivity contribution in [3.05, 3.63) is 34.9 Å². The molecule has 0 amide bonds. The Kier molecular flexibility index (Phi) is 10.8. The third kappa shape index (κ3) is 7.18. The lowest BCUT2D eigenvalue weighted by Crippen LogP contribution is -2.58. The van der Waals surface area contributed by atoms with Crippen LogP contribution < -0.4 is 0 Å². The number of hydrogen-bond acceptors (Lipinski definition) is 4. The summed E-state index contributed by atoms with van der Waals surface area (Å²) in [5, 5.41) is 11.2. The largest absolute Gasteiger partial charge is 0.414 e. The molecule has 0 bridgehead atoms. The van der Waals surface area contributed by atoms with Crippen molar-refractivity contribution in [1.82, 2.24) is 0 Å². The fraction of sp³-hybridized carbons (Fsp3) is 0.854. The second-order valence-corrected chi connectivity index (χ2v) is 29.4. The molecule has 1 N–H and O–H groups in total. The van der Waals surface area contributed by atoms with E-state index in [-0.39, 0.29) is 38.7 Å². The quantitative estimate of drug-likeness (QED) is 0.174. The number of fused-ring (bicyclic) bond motifs is 5. The topological polar surface area (TPSA) is 47.9 Å². The van der Waals surface area contributed by atoms with Gasteiger partial charge in [0.05, 0.1) is 30.0 Å². The molecule has 270 valence electrons. The maximum Gasteiger partial charge on any atom is 0.192 e. The van der Waals surface area contributed by atoms with Crippen molar-refractivity contribution < 1.29 is 18.7 Å². The van der Waals surface area contributed by atoms with E-state index in [1.54, 1.807) is 11.1 Å². The molecule has 0 aromatic carbocycles. The summed E-state index contributed by atoms with van der Waals surface area (Å²) in [4.78, 5) is 0. The lowest BCUT2D eigenvalue weighted by atomic mass is 9.49. The van der Waals surface area contributed by atoms with E-state index in [9.17, 15) is 5.11 Å². The van der Waals surface area contributed by atoms with Gasteiger partial charge >= 0.3 is 0 Å². The van der Waals surface area contributed by atoms with Gasteiger partial charge in [0.15, 0.2) is 16.6 Å². The van der Waals surface area contributed by atoms with Gasteiger partial charge in [0.25, 0.3) is 0 Å². The summed E-state index contributed by atoms with van der Waals surface area (Å²) in [6, 6.07) is 0. The predicted octanol–water partition coefficient (Wildman–Crippen LogP) is 11.5. The summed E-state index contributed by atoms with van der Waals surface area (Å²) < 4.78 is 21.4. The molecule has 0 aromatic heterocycles. The number of allylic oxidation sites excluding steroid dienone is 4. The van der Waals surface area contributed by atoms with Crippen LogP contribution in [0.25, 0.3) is 0 Å². The van der Waals surface area contributed by atoms with Gasteiger partial charge in [-0.15, -0.1) is 0 Å². The van der Waals surface area contributed by atoms with Crippen molar-refractivity contribution in [2.75, 3.05) is 6.61 Å². The highest BCUT2D eigenvalue weighted by molar-refractivity contribution is 6.74. The molecule has 0 unspecified atom stereocenters. The summed E-state index contributed by atoms with van der Waals surface area (Å²) in [7, 11) is -3.97. The first kappa shape index (κ1) is 39.3. The van der Waals surface area contributed by atoms with E-state index in [2.05, 4.69) is 128 Å². The first-order chi connectivity index (χ1) is 21.3. The Morgan fingerprint density at radius 3 is 1.98 bits per heavy atom. The highest BCUT2D eigenvalue weighted by Crippen LogP contribution is 2.66. The molecule has 0 aliphatic heterocycles. The number of hydrogen-bond donors (Lipinski definition) is 1. The fourth-order valence-corrected chi connectivity index (χ4v) is 11.9. The van der Waals surface area contributed by atoms with Crippen LogP contribution in [0.1, 0.15) is 134 Å². The molecule has 0 aromatic rings. The molecular formula is C41H74O4Si2. The summed E-state index contributed by atoms with van der Waals surface area (Å²) >= 11 is 0. The molecule has 0 spiro atoms. The van der Waals surface area contributed by atoms with Crippen LogP contribution in [0.3, 0.4) is 0 Å². The molecule has 47 heavy (non-hydrogen) atoms. The van der Waals surface area contributed by atoms with E-state index < -0.39 is 22.2 Å². The van der Waals surface area contributed by atoms with Crippen LogP contribution in [-0.4, -0.2) is 51.8 Å². The minimum absolute atomic E-state index is 0.0201. The standard InChI is InChI=1S/C41H74O4Si2/c1-17-41(42,18-2)25-26-43-38(9,10)34-22-21-32-31-20-19-29-27-30(44-46(13,14)36(3,4)5)28-35(45-47(15,16)37(6,7)8)40(29,12)33(31)23-24-39(32,34)11/h19-20,22,30,32-33,35,42H,17-18,21,23-28H2,1-16H3/t30-,32+,33+,35+,39+,40+/m1/s1. The highest BCUT2D eigenvalue weighted by Gasteiger charge is 2.60. The van der Waals surface area contributed by atoms with Crippen LogP contribution >= 0.6 is 0 Å². The first-order valence-electron chi connectivity index (χ1n) is 19.1. The summed E-state index contributed by atoms with van der Waals surface area (Å²) in [5.41, 5.74) is 3.74.